The monoisotopic (exact) mass is 425 g/mol. The number of ether oxygens (including phenoxy) is 1. The normalized spacial score (nSPS) is 12.9. The second-order valence-corrected chi connectivity index (χ2v) is 8.22. The topological polar surface area (TPSA) is 79.5 Å². The Balaban J connectivity index is 2.06. The van der Waals surface area contributed by atoms with Gasteiger partial charge in [0.2, 0.25) is 11.8 Å². The van der Waals surface area contributed by atoms with Crippen molar-refractivity contribution < 1.29 is 14.3 Å². The molecule has 0 heterocycles. The van der Waals surface area contributed by atoms with Gasteiger partial charge in [-0.25, -0.2) is 0 Å². The lowest BCUT2D eigenvalue weighted by molar-refractivity contribution is -0.116. The molecule has 0 bridgehead atoms. The lowest BCUT2D eigenvalue weighted by Crippen LogP contribution is -2.33. The minimum Gasteiger partial charge on any atom is -0.495 e. The zero-order valence-electron chi connectivity index (χ0n) is 19.4. The molecule has 0 aliphatic carbocycles. The number of carbonyl (C=O) groups excluding carboxylic acids is 2. The number of hydrogen-bond acceptors (Lipinski definition) is 4. The van der Waals surface area contributed by atoms with Gasteiger partial charge in [-0.05, 0) is 47.6 Å². The Morgan fingerprint density at radius 2 is 1.61 bits per heavy atom. The molecule has 0 spiro atoms. The molecule has 31 heavy (non-hydrogen) atoms. The second kappa shape index (κ2) is 11.5. The highest BCUT2D eigenvalue weighted by Crippen LogP contribution is 2.28. The summed E-state index contributed by atoms with van der Waals surface area (Å²) in [7, 11) is 1.54. The lowest BCUT2D eigenvalue weighted by atomic mass is 9.92. The van der Waals surface area contributed by atoms with Crippen molar-refractivity contribution in [1.82, 2.24) is 5.32 Å². The summed E-state index contributed by atoms with van der Waals surface area (Å²) in [4.78, 5) is 24.0. The molecule has 168 valence electrons. The zero-order valence-corrected chi connectivity index (χ0v) is 19.4. The van der Waals surface area contributed by atoms with E-state index in [2.05, 4.69) is 67.9 Å². The van der Waals surface area contributed by atoms with E-state index in [9.17, 15) is 9.59 Å². The SMILES string of the molecule is CC[C@H](C)c1ccc([C@H](NCC(=O)Nc2cc(NC(C)=O)ccc2OC)C(C)C)cc1. The molecular weight excluding hydrogens is 390 g/mol. The minimum atomic E-state index is -0.180. The van der Waals surface area contributed by atoms with Crippen molar-refractivity contribution in [3.05, 3.63) is 53.6 Å². The van der Waals surface area contributed by atoms with Crippen molar-refractivity contribution in [3.63, 3.8) is 0 Å². The molecule has 6 heteroatoms. The number of hydrogen-bond donors (Lipinski definition) is 3. The summed E-state index contributed by atoms with van der Waals surface area (Å²) in [5.41, 5.74) is 3.61. The van der Waals surface area contributed by atoms with Crippen LogP contribution in [-0.4, -0.2) is 25.5 Å². The van der Waals surface area contributed by atoms with Crippen LogP contribution in [0.1, 0.15) is 64.1 Å². The summed E-state index contributed by atoms with van der Waals surface area (Å²) >= 11 is 0. The van der Waals surface area contributed by atoms with Gasteiger partial charge < -0.3 is 20.7 Å². The van der Waals surface area contributed by atoms with Crippen LogP contribution >= 0.6 is 0 Å². The Hall–Kier alpha value is -2.86. The maximum absolute atomic E-state index is 12.6. The molecule has 0 aliphatic heterocycles. The Morgan fingerprint density at radius 1 is 0.968 bits per heavy atom. The molecule has 2 rings (SSSR count). The predicted molar refractivity (Wildman–Crippen MR) is 127 cm³/mol. The zero-order chi connectivity index (χ0) is 23.0. The summed E-state index contributed by atoms with van der Waals surface area (Å²) < 4.78 is 5.33. The Labute approximate surface area is 185 Å². The molecule has 2 aromatic carbocycles. The quantitative estimate of drug-likeness (QED) is 0.495. The van der Waals surface area contributed by atoms with Gasteiger partial charge >= 0.3 is 0 Å². The number of carbonyl (C=O) groups is 2. The van der Waals surface area contributed by atoms with Crippen LogP contribution in [-0.2, 0) is 9.59 Å². The van der Waals surface area contributed by atoms with Crippen LogP contribution in [0.5, 0.6) is 5.75 Å². The molecule has 2 amide bonds. The summed E-state index contributed by atoms with van der Waals surface area (Å²) in [6.07, 6.45) is 1.11. The number of amides is 2. The Bertz CT molecular complexity index is 878. The lowest BCUT2D eigenvalue weighted by Gasteiger charge is -2.23. The van der Waals surface area contributed by atoms with E-state index >= 15 is 0 Å². The van der Waals surface area contributed by atoms with E-state index in [4.69, 9.17) is 4.74 Å². The molecule has 0 aliphatic rings. The van der Waals surface area contributed by atoms with E-state index in [1.165, 1.54) is 18.1 Å². The highest BCUT2D eigenvalue weighted by Gasteiger charge is 2.18. The summed E-state index contributed by atoms with van der Waals surface area (Å²) in [6, 6.07) is 13.8. The van der Waals surface area contributed by atoms with Crippen molar-refractivity contribution in [2.75, 3.05) is 24.3 Å². The fourth-order valence-electron chi connectivity index (χ4n) is 3.49. The fourth-order valence-corrected chi connectivity index (χ4v) is 3.49. The van der Waals surface area contributed by atoms with Gasteiger partial charge in [0.05, 0.1) is 19.3 Å². The van der Waals surface area contributed by atoms with E-state index in [0.717, 1.165) is 6.42 Å². The first-order valence-electron chi connectivity index (χ1n) is 10.8. The molecule has 0 saturated carbocycles. The van der Waals surface area contributed by atoms with Crippen molar-refractivity contribution in [2.45, 2.75) is 53.0 Å². The maximum Gasteiger partial charge on any atom is 0.238 e. The second-order valence-electron chi connectivity index (χ2n) is 8.22. The van der Waals surface area contributed by atoms with Crippen LogP contribution in [0.2, 0.25) is 0 Å². The average molecular weight is 426 g/mol. The third-order valence-electron chi connectivity index (χ3n) is 5.42. The van der Waals surface area contributed by atoms with Gasteiger partial charge in [-0.1, -0.05) is 52.0 Å². The van der Waals surface area contributed by atoms with E-state index < -0.39 is 0 Å². The van der Waals surface area contributed by atoms with Gasteiger partial charge in [-0.2, -0.15) is 0 Å². The van der Waals surface area contributed by atoms with Crippen LogP contribution < -0.4 is 20.7 Å². The molecule has 0 unspecified atom stereocenters. The molecule has 2 aromatic rings. The van der Waals surface area contributed by atoms with Gasteiger partial charge in [0, 0.05) is 18.7 Å². The van der Waals surface area contributed by atoms with Gasteiger partial charge in [0.15, 0.2) is 0 Å². The van der Waals surface area contributed by atoms with Crippen molar-refractivity contribution in [1.29, 1.82) is 0 Å². The maximum atomic E-state index is 12.6. The molecule has 6 nitrogen and oxygen atoms in total. The van der Waals surface area contributed by atoms with Gasteiger partial charge in [0.25, 0.3) is 0 Å². The highest BCUT2D eigenvalue weighted by atomic mass is 16.5. The summed E-state index contributed by atoms with van der Waals surface area (Å²) in [6.45, 7) is 10.3. The van der Waals surface area contributed by atoms with Gasteiger partial charge in [-0.15, -0.1) is 0 Å². The number of rotatable bonds is 10. The van der Waals surface area contributed by atoms with Gasteiger partial charge in [-0.3, -0.25) is 9.59 Å². The van der Waals surface area contributed by atoms with Crippen LogP contribution in [0.25, 0.3) is 0 Å². The number of anilines is 2. The predicted octanol–water partition coefficient (Wildman–Crippen LogP) is 5.09. The van der Waals surface area contributed by atoms with Crippen molar-refractivity contribution in [3.8, 4) is 5.75 Å². The van der Waals surface area contributed by atoms with Crippen LogP contribution in [0, 0.1) is 5.92 Å². The molecule has 0 radical (unpaired) electrons. The minimum absolute atomic E-state index is 0.0596. The summed E-state index contributed by atoms with van der Waals surface area (Å²) in [5, 5.41) is 8.97. The van der Waals surface area contributed by atoms with Crippen molar-refractivity contribution >= 4 is 23.2 Å². The number of benzene rings is 2. The number of methoxy groups -OCH3 is 1. The Morgan fingerprint density at radius 3 is 2.16 bits per heavy atom. The smallest absolute Gasteiger partial charge is 0.238 e. The first-order chi connectivity index (χ1) is 14.7. The van der Waals surface area contributed by atoms with Crippen LogP contribution in [0.3, 0.4) is 0 Å². The van der Waals surface area contributed by atoms with Crippen LogP contribution in [0.4, 0.5) is 11.4 Å². The van der Waals surface area contributed by atoms with E-state index in [-0.39, 0.29) is 24.4 Å². The Kier molecular flexibility index (Phi) is 9.06. The molecule has 2 atom stereocenters. The molecule has 0 saturated heterocycles. The van der Waals surface area contributed by atoms with Crippen molar-refractivity contribution in [2.24, 2.45) is 5.92 Å². The molecular formula is C25H35N3O3. The number of nitrogens with one attached hydrogen (secondary N) is 3. The summed E-state index contributed by atoms with van der Waals surface area (Å²) in [5.74, 6) is 1.03. The largest absolute Gasteiger partial charge is 0.495 e. The standard InChI is InChI=1S/C25H35N3O3/c1-7-17(4)19-8-10-20(11-9-19)25(16(2)3)26-15-24(30)28-22-14-21(27-18(5)29)12-13-23(22)31-6/h8-14,16-17,25-26H,7,15H2,1-6H3,(H,27,29)(H,28,30)/t17-,25+/m0/s1. The third-order valence-corrected chi connectivity index (χ3v) is 5.42. The molecule has 3 N–H and O–H groups in total. The molecule has 0 aromatic heterocycles. The van der Waals surface area contributed by atoms with E-state index in [1.807, 2.05) is 0 Å². The third kappa shape index (κ3) is 7.10. The first kappa shape index (κ1) is 24.4. The van der Waals surface area contributed by atoms with Crippen LogP contribution in [0.15, 0.2) is 42.5 Å². The van der Waals surface area contributed by atoms with E-state index in [1.54, 1.807) is 25.3 Å². The first-order valence-corrected chi connectivity index (χ1v) is 10.8. The average Bonchev–Trinajstić information content (AvgIpc) is 2.73. The molecule has 0 fully saturated rings. The fraction of sp³-hybridized carbons (Fsp3) is 0.440. The van der Waals surface area contributed by atoms with Gasteiger partial charge in [0.1, 0.15) is 5.75 Å². The van der Waals surface area contributed by atoms with E-state index in [0.29, 0.717) is 29.0 Å². The highest BCUT2D eigenvalue weighted by molar-refractivity contribution is 5.95.